The normalized spacial score (nSPS) is 16.5. The van der Waals surface area contributed by atoms with Crippen LogP contribution in [0.3, 0.4) is 0 Å². The molecule has 1 aliphatic rings. The van der Waals surface area contributed by atoms with E-state index < -0.39 is 0 Å². The molecule has 1 aromatic rings. The molecule has 0 unspecified atom stereocenters. The first-order valence-corrected chi connectivity index (χ1v) is 5.81. The van der Waals surface area contributed by atoms with E-state index in [0.717, 1.165) is 29.9 Å². The number of hydrogen-bond acceptors (Lipinski definition) is 3. The van der Waals surface area contributed by atoms with Crippen LogP contribution in [0.5, 0.6) is 0 Å². The number of likely N-dealkylation sites (N-methyl/N-ethyl adjacent to an activating group) is 1. The van der Waals surface area contributed by atoms with E-state index in [1.165, 1.54) is 0 Å². The van der Waals surface area contributed by atoms with Gasteiger partial charge in [-0.25, -0.2) is 0 Å². The van der Waals surface area contributed by atoms with Gasteiger partial charge in [0, 0.05) is 25.8 Å². The molecule has 0 saturated carbocycles. The predicted octanol–water partition coefficient (Wildman–Crippen LogP) is 0.766. The van der Waals surface area contributed by atoms with Crippen molar-refractivity contribution in [2.24, 2.45) is 0 Å². The number of anilines is 1. The van der Waals surface area contributed by atoms with Crippen molar-refractivity contribution >= 4 is 11.6 Å². The number of rotatable bonds is 2. The molecule has 4 nitrogen and oxygen atoms in total. The molecule has 92 valence electrons. The van der Waals surface area contributed by atoms with Crippen LogP contribution in [-0.4, -0.2) is 42.6 Å². The summed E-state index contributed by atoms with van der Waals surface area (Å²) in [6, 6.07) is 5.93. The number of carbonyl (C=O) groups is 1. The van der Waals surface area contributed by atoms with Gasteiger partial charge in [-0.2, -0.15) is 0 Å². The third-order valence-corrected chi connectivity index (χ3v) is 3.32. The standard InChI is InChI=1S/C13H18N2O2/c1-10-7-12(4-3-11(10)9-16)15-6-5-14(2)13(17)8-15/h3-4,7,16H,5-6,8-9H2,1-2H3. The lowest BCUT2D eigenvalue weighted by atomic mass is 10.1. The van der Waals surface area contributed by atoms with Gasteiger partial charge in [0.1, 0.15) is 0 Å². The van der Waals surface area contributed by atoms with Crippen molar-refractivity contribution in [1.29, 1.82) is 0 Å². The Bertz CT molecular complexity index is 431. The zero-order valence-corrected chi connectivity index (χ0v) is 10.3. The topological polar surface area (TPSA) is 43.8 Å². The quantitative estimate of drug-likeness (QED) is 0.822. The number of piperazine rings is 1. The van der Waals surface area contributed by atoms with Crippen molar-refractivity contribution in [3.8, 4) is 0 Å². The number of nitrogens with zero attached hydrogens (tertiary/aromatic N) is 2. The van der Waals surface area contributed by atoms with Crippen LogP contribution in [0.1, 0.15) is 11.1 Å². The molecule has 1 aliphatic heterocycles. The van der Waals surface area contributed by atoms with E-state index in [1.54, 1.807) is 4.90 Å². The van der Waals surface area contributed by atoms with Gasteiger partial charge in [0.05, 0.1) is 13.2 Å². The third-order valence-electron chi connectivity index (χ3n) is 3.32. The Morgan fingerprint density at radius 2 is 2.12 bits per heavy atom. The highest BCUT2D eigenvalue weighted by Crippen LogP contribution is 2.20. The molecule has 0 radical (unpaired) electrons. The van der Waals surface area contributed by atoms with Crippen molar-refractivity contribution in [1.82, 2.24) is 4.90 Å². The Hall–Kier alpha value is -1.55. The highest BCUT2D eigenvalue weighted by atomic mass is 16.3. The molecule has 0 aromatic heterocycles. The zero-order valence-electron chi connectivity index (χ0n) is 10.3. The fourth-order valence-electron chi connectivity index (χ4n) is 2.03. The Labute approximate surface area is 101 Å². The Morgan fingerprint density at radius 3 is 2.71 bits per heavy atom. The second-order valence-corrected chi connectivity index (χ2v) is 4.51. The number of aryl methyl sites for hydroxylation is 1. The Kier molecular flexibility index (Phi) is 3.33. The molecule has 17 heavy (non-hydrogen) atoms. The van der Waals surface area contributed by atoms with Gasteiger partial charge in [0.15, 0.2) is 0 Å². The lowest BCUT2D eigenvalue weighted by Gasteiger charge is -2.33. The number of aliphatic hydroxyl groups excluding tert-OH is 1. The molecule has 1 saturated heterocycles. The van der Waals surface area contributed by atoms with Crippen LogP contribution in [0.2, 0.25) is 0 Å². The number of benzene rings is 1. The molecule has 1 amide bonds. The second-order valence-electron chi connectivity index (χ2n) is 4.51. The molecule has 1 N–H and O–H groups in total. The average molecular weight is 234 g/mol. The average Bonchev–Trinajstić information content (AvgIpc) is 2.32. The minimum Gasteiger partial charge on any atom is -0.392 e. The largest absolute Gasteiger partial charge is 0.392 e. The van der Waals surface area contributed by atoms with Crippen LogP contribution >= 0.6 is 0 Å². The first-order chi connectivity index (χ1) is 8.11. The molecule has 0 aliphatic carbocycles. The van der Waals surface area contributed by atoms with Gasteiger partial charge in [-0.15, -0.1) is 0 Å². The van der Waals surface area contributed by atoms with E-state index in [0.29, 0.717) is 6.54 Å². The molecule has 1 fully saturated rings. The van der Waals surface area contributed by atoms with Crippen LogP contribution in [0.4, 0.5) is 5.69 Å². The van der Waals surface area contributed by atoms with E-state index in [-0.39, 0.29) is 12.5 Å². The summed E-state index contributed by atoms with van der Waals surface area (Å²) in [4.78, 5) is 15.5. The molecule has 2 rings (SSSR count). The van der Waals surface area contributed by atoms with Crippen molar-refractivity contribution < 1.29 is 9.90 Å². The minimum absolute atomic E-state index is 0.0633. The van der Waals surface area contributed by atoms with Gasteiger partial charge in [-0.05, 0) is 30.2 Å². The molecule has 0 atom stereocenters. The van der Waals surface area contributed by atoms with Gasteiger partial charge in [0.25, 0.3) is 0 Å². The zero-order chi connectivity index (χ0) is 12.4. The van der Waals surface area contributed by atoms with Crippen molar-refractivity contribution in [3.63, 3.8) is 0 Å². The smallest absolute Gasteiger partial charge is 0.241 e. The molecular weight excluding hydrogens is 216 g/mol. The molecule has 1 heterocycles. The summed E-state index contributed by atoms with van der Waals surface area (Å²) in [5, 5.41) is 9.12. The second kappa shape index (κ2) is 4.75. The van der Waals surface area contributed by atoms with Gasteiger partial charge in [0.2, 0.25) is 5.91 Å². The summed E-state index contributed by atoms with van der Waals surface area (Å²) in [6.07, 6.45) is 0. The van der Waals surface area contributed by atoms with Gasteiger partial charge in [-0.1, -0.05) is 6.07 Å². The van der Waals surface area contributed by atoms with E-state index >= 15 is 0 Å². The van der Waals surface area contributed by atoms with Crippen LogP contribution in [-0.2, 0) is 11.4 Å². The monoisotopic (exact) mass is 234 g/mol. The number of aliphatic hydroxyl groups is 1. The first kappa shape index (κ1) is 11.9. The van der Waals surface area contributed by atoms with Gasteiger partial charge in [-0.3, -0.25) is 4.79 Å². The lowest BCUT2D eigenvalue weighted by molar-refractivity contribution is -0.129. The summed E-state index contributed by atoms with van der Waals surface area (Å²) in [5.74, 6) is 0.153. The molecule has 1 aromatic carbocycles. The summed E-state index contributed by atoms with van der Waals surface area (Å²) in [7, 11) is 1.83. The van der Waals surface area contributed by atoms with E-state index in [2.05, 4.69) is 4.90 Å². The highest BCUT2D eigenvalue weighted by Gasteiger charge is 2.21. The van der Waals surface area contributed by atoms with Crippen molar-refractivity contribution in [2.45, 2.75) is 13.5 Å². The number of carbonyl (C=O) groups excluding carboxylic acids is 1. The first-order valence-electron chi connectivity index (χ1n) is 5.81. The van der Waals surface area contributed by atoms with E-state index in [1.807, 2.05) is 32.2 Å². The fourth-order valence-corrected chi connectivity index (χ4v) is 2.03. The maximum Gasteiger partial charge on any atom is 0.241 e. The van der Waals surface area contributed by atoms with Gasteiger partial charge >= 0.3 is 0 Å². The summed E-state index contributed by atoms with van der Waals surface area (Å²) >= 11 is 0. The number of hydrogen-bond donors (Lipinski definition) is 1. The van der Waals surface area contributed by atoms with Crippen molar-refractivity contribution in [2.75, 3.05) is 31.6 Å². The Balaban J connectivity index is 2.18. The van der Waals surface area contributed by atoms with Crippen LogP contribution in [0, 0.1) is 6.92 Å². The van der Waals surface area contributed by atoms with Crippen LogP contribution in [0.15, 0.2) is 18.2 Å². The van der Waals surface area contributed by atoms with Gasteiger partial charge < -0.3 is 14.9 Å². The molecular formula is C13H18N2O2. The van der Waals surface area contributed by atoms with Crippen LogP contribution < -0.4 is 4.90 Å². The van der Waals surface area contributed by atoms with E-state index in [4.69, 9.17) is 5.11 Å². The van der Waals surface area contributed by atoms with Crippen molar-refractivity contribution in [3.05, 3.63) is 29.3 Å². The third kappa shape index (κ3) is 2.42. The summed E-state index contributed by atoms with van der Waals surface area (Å²) in [5.41, 5.74) is 3.06. The lowest BCUT2D eigenvalue weighted by Crippen LogP contribution is -2.48. The van der Waals surface area contributed by atoms with E-state index in [9.17, 15) is 4.79 Å². The molecule has 4 heteroatoms. The Morgan fingerprint density at radius 1 is 1.35 bits per heavy atom. The van der Waals surface area contributed by atoms with Crippen LogP contribution in [0.25, 0.3) is 0 Å². The highest BCUT2D eigenvalue weighted by molar-refractivity contribution is 5.82. The molecule has 0 bridgehead atoms. The number of amides is 1. The maximum absolute atomic E-state index is 11.6. The maximum atomic E-state index is 11.6. The SMILES string of the molecule is Cc1cc(N2CCN(C)C(=O)C2)ccc1CO. The molecule has 0 spiro atoms. The summed E-state index contributed by atoms with van der Waals surface area (Å²) < 4.78 is 0. The fraction of sp³-hybridized carbons (Fsp3) is 0.462. The summed E-state index contributed by atoms with van der Waals surface area (Å²) in [6.45, 7) is 4.11. The minimum atomic E-state index is 0.0633. The predicted molar refractivity (Wildman–Crippen MR) is 67.0 cm³/mol.